The zero-order valence-electron chi connectivity index (χ0n) is 31.1. The molecule has 11 rings (SSSR count). The number of fused-ring (bicyclic) bond motifs is 7. The first-order valence-electron chi connectivity index (χ1n) is 19.4. The number of hydrogen-bond acceptors (Lipinski definition) is 2. The van der Waals surface area contributed by atoms with Gasteiger partial charge in [-0.25, -0.2) is 0 Å². The van der Waals surface area contributed by atoms with Gasteiger partial charge in [-0.1, -0.05) is 152 Å². The third-order valence-electron chi connectivity index (χ3n) is 11.2. The van der Waals surface area contributed by atoms with Crippen molar-refractivity contribution >= 4 is 60.8 Å². The van der Waals surface area contributed by atoms with E-state index in [1.165, 1.54) is 44.2 Å². The second-order valence-corrected chi connectivity index (χ2v) is 14.5. The molecule has 0 bridgehead atoms. The Bertz CT molecular complexity index is 3180. The Morgan fingerprint density at radius 1 is 0.368 bits per heavy atom. The number of aromatic nitrogens is 1. The van der Waals surface area contributed by atoms with Gasteiger partial charge in [-0.15, -0.1) is 0 Å². The van der Waals surface area contributed by atoms with Crippen LogP contribution in [0, 0.1) is 0 Å². The van der Waals surface area contributed by atoms with Crippen molar-refractivity contribution in [1.29, 1.82) is 0 Å². The normalized spacial score (nSPS) is 11.5. The number of hydrogen-bond donors (Lipinski definition) is 0. The van der Waals surface area contributed by atoms with Crippen LogP contribution in [0.5, 0.6) is 0 Å². The zero-order valence-corrected chi connectivity index (χ0v) is 31.1. The van der Waals surface area contributed by atoms with Crippen molar-refractivity contribution < 1.29 is 4.42 Å². The standard InChI is InChI=1S/C54H36N2O/c1-4-14-37(15-5-1)39-24-26-41(27-25-39)48-36-49-46-20-11-13-23-51(46)57-54(49)53-52(48)47-21-10-12-22-50(47)56(53)45-34-32-44(33-35-45)55(42-18-8-3-9-19-42)43-30-28-40(29-31-43)38-16-6-2-7-17-38/h1-36H. The van der Waals surface area contributed by atoms with E-state index in [2.05, 4.69) is 222 Å². The Morgan fingerprint density at radius 2 is 0.842 bits per heavy atom. The van der Waals surface area contributed by atoms with Crippen molar-refractivity contribution in [1.82, 2.24) is 4.57 Å². The molecule has 9 aromatic carbocycles. The molecule has 3 heteroatoms. The molecule has 0 amide bonds. The zero-order chi connectivity index (χ0) is 37.7. The second-order valence-electron chi connectivity index (χ2n) is 14.5. The van der Waals surface area contributed by atoms with Crippen LogP contribution in [-0.4, -0.2) is 4.57 Å². The smallest absolute Gasteiger partial charge is 0.160 e. The predicted octanol–water partition coefficient (Wildman–Crippen LogP) is 15.2. The van der Waals surface area contributed by atoms with Gasteiger partial charge < -0.3 is 13.9 Å². The molecule has 0 saturated carbocycles. The molecule has 0 radical (unpaired) electrons. The molecule has 3 nitrogen and oxygen atoms in total. The number of furan rings is 1. The molecule has 11 aromatic rings. The van der Waals surface area contributed by atoms with Gasteiger partial charge in [0.15, 0.2) is 5.58 Å². The van der Waals surface area contributed by atoms with Crippen LogP contribution in [0.25, 0.3) is 82.8 Å². The monoisotopic (exact) mass is 728 g/mol. The van der Waals surface area contributed by atoms with Crippen molar-refractivity contribution in [2.75, 3.05) is 4.90 Å². The molecule has 0 aliphatic heterocycles. The van der Waals surface area contributed by atoms with Crippen LogP contribution in [-0.2, 0) is 0 Å². The summed E-state index contributed by atoms with van der Waals surface area (Å²) in [6, 6.07) is 77.9. The molecule has 0 fully saturated rings. The Hall–Kier alpha value is -7.62. The van der Waals surface area contributed by atoms with Crippen LogP contribution in [0.1, 0.15) is 0 Å². The number of rotatable bonds is 7. The fourth-order valence-corrected chi connectivity index (χ4v) is 8.51. The van der Waals surface area contributed by atoms with Crippen molar-refractivity contribution in [3.05, 3.63) is 218 Å². The highest BCUT2D eigenvalue weighted by Gasteiger charge is 2.23. The number of para-hydroxylation sites is 3. The Kier molecular flexibility index (Phi) is 7.82. The number of anilines is 3. The minimum absolute atomic E-state index is 0.884. The molecular formula is C54H36N2O. The van der Waals surface area contributed by atoms with Crippen LogP contribution in [0.3, 0.4) is 0 Å². The van der Waals surface area contributed by atoms with Gasteiger partial charge in [-0.05, 0) is 100 Å². The first kappa shape index (κ1) is 32.8. The van der Waals surface area contributed by atoms with Crippen molar-refractivity contribution in [3.8, 4) is 39.1 Å². The molecule has 0 aliphatic carbocycles. The van der Waals surface area contributed by atoms with E-state index in [4.69, 9.17) is 4.42 Å². The molecule has 0 saturated heterocycles. The van der Waals surface area contributed by atoms with E-state index >= 15 is 0 Å². The molecular weight excluding hydrogens is 693 g/mol. The first-order valence-corrected chi connectivity index (χ1v) is 19.4. The van der Waals surface area contributed by atoms with Crippen LogP contribution < -0.4 is 4.90 Å². The highest BCUT2D eigenvalue weighted by Crippen LogP contribution is 2.46. The highest BCUT2D eigenvalue weighted by molar-refractivity contribution is 6.26. The number of benzene rings is 9. The SMILES string of the molecule is c1ccc(-c2ccc(-c3cc4c5ccccc5oc4c4c3c3ccccc3n4-c3ccc(N(c4ccccc4)c4ccc(-c5ccccc5)cc4)cc3)cc2)cc1. The summed E-state index contributed by atoms with van der Waals surface area (Å²) in [5.74, 6) is 0. The predicted molar refractivity (Wildman–Crippen MR) is 239 cm³/mol. The van der Waals surface area contributed by atoms with Gasteiger partial charge in [0, 0.05) is 44.3 Å². The Balaban J connectivity index is 1.10. The molecule has 2 heterocycles. The molecule has 0 N–H and O–H groups in total. The Labute approximate surface area is 330 Å². The average Bonchev–Trinajstić information content (AvgIpc) is 3.84. The van der Waals surface area contributed by atoms with Crippen molar-refractivity contribution in [2.24, 2.45) is 0 Å². The number of nitrogens with zero attached hydrogens (tertiary/aromatic N) is 2. The van der Waals surface area contributed by atoms with Gasteiger partial charge in [0.25, 0.3) is 0 Å². The molecule has 0 unspecified atom stereocenters. The minimum Gasteiger partial charge on any atom is -0.454 e. The van der Waals surface area contributed by atoms with Crippen LogP contribution in [0.15, 0.2) is 223 Å². The Morgan fingerprint density at radius 3 is 1.49 bits per heavy atom. The van der Waals surface area contributed by atoms with E-state index in [0.717, 1.165) is 55.7 Å². The third kappa shape index (κ3) is 5.60. The maximum absolute atomic E-state index is 6.82. The highest BCUT2D eigenvalue weighted by atomic mass is 16.3. The van der Waals surface area contributed by atoms with Gasteiger partial charge in [-0.2, -0.15) is 0 Å². The maximum atomic E-state index is 6.82. The van der Waals surface area contributed by atoms with E-state index < -0.39 is 0 Å². The first-order chi connectivity index (χ1) is 28.3. The summed E-state index contributed by atoms with van der Waals surface area (Å²) in [4.78, 5) is 2.32. The van der Waals surface area contributed by atoms with E-state index in [9.17, 15) is 0 Å². The van der Waals surface area contributed by atoms with Gasteiger partial charge in [0.2, 0.25) is 0 Å². The summed E-state index contributed by atoms with van der Waals surface area (Å²) in [6.07, 6.45) is 0. The summed E-state index contributed by atoms with van der Waals surface area (Å²) < 4.78 is 9.21. The maximum Gasteiger partial charge on any atom is 0.160 e. The van der Waals surface area contributed by atoms with Crippen molar-refractivity contribution in [3.63, 3.8) is 0 Å². The van der Waals surface area contributed by atoms with E-state index in [1.54, 1.807) is 0 Å². The van der Waals surface area contributed by atoms with Crippen LogP contribution in [0.4, 0.5) is 17.1 Å². The van der Waals surface area contributed by atoms with Gasteiger partial charge in [0.1, 0.15) is 5.58 Å². The van der Waals surface area contributed by atoms with E-state index in [0.29, 0.717) is 0 Å². The lowest BCUT2D eigenvalue weighted by atomic mass is 9.95. The minimum atomic E-state index is 0.884. The van der Waals surface area contributed by atoms with Gasteiger partial charge >= 0.3 is 0 Å². The molecule has 0 atom stereocenters. The molecule has 2 aromatic heterocycles. The van der Waals surface area contributed by atoms with Gasteiger partial charge in [-0.3, -0.25) is 0 Å². The lowest BCUT2D eigenvalue weighted by molar-refractivity contribution is 0.671. The molecule has 0 aliphatic rings. The lowest BCUT2D eigenvalue weighted by Gasteiger charge is -2.26. The van der Waals surface area contributed by atoms with E-state index in [-0.39, 0.29) is 0 Å². The topological polar surface area (TPSA) is 21.3 Å². The second kappa shape index (κ2) is 13.6. The summed E-state index contributed by atoms with van der Waals surface area (Å²) >= 11 is 0. The molecule has 268 valence electrons. The van der Waals surface area contributed by atoms with E-state index in [1.807, 2.05) is 6.07 Å². The fourth-order valence-electron chi connectivity index (χ4n) is 8.51. The van der Waals surface area contributed by atoms with Gasteiger partial charge in [0.05, 0.1) is 11.0 Å². The summed E-state index contributed by atoms with van der Waals surface area (Å²) in [6.45, 7) is 0. The summed E-state index contributed by atoms with van der Waals surface area (Å²) in [7, 11) is 0. The average molecular weight is 729 g/mol. The lowest BCUT2D eigenvalue weighted by Crippen LogP contribution is -2.10. The molecule has 0 spiro atoms. The third-order valence-corrected chi connectivity index (χ3v) is 11.2. The summed E-state index contributed by atoms with van der Waals surface area (Å²) in [5.41, 5.74) is 15.5. The van der Waals surface area contributed by atoms with Crippen molar-refractivity contribution in [2.45, 2.75) is 0 Å². The summed E-state index contributed by atoms with van der Waals surface area (Å²) in [5, 5.41) is 4.58. The fraction of sp³-hybridized carbons (Fsp3) is 0. The largest absolute Gasteiger partial charge is 0.454 e. The quantitative estimate of drug-likeness (QED) is 0.163. The van der Waals surface area contributed by atoms with Crippen LogP contribution in [0.2, 0.25) is 0 Å². The molecule has 57 heavy (non-hydrogen) atoms. The van der Waals surface area contributed by atoms with Crippen LogP contribution >= 0.6 is 0 Å².